The summed E-state index contributed by atoms with van der Waals surface area (Å²) < 4.78 is 10.5. The molecular formula is C11H14O3. The normalized spacial score (nSPS) is 9.50. The number of hydrogen-bond donors (Lipinski definition) is 1. The van der Waals surface area contributed by atoms with Gasteiger partial charge in [0.2, 0.25) is 0 Å². The van der Waals surface area contributed by atoms with Crippen LogP contribution in [0.1, 0.15) is 0 Å². The molecule has 0 amide bonds. The molecule has 0 radical (unpaired) electrons. The summed E-state index contributed by atoms with van der Waals surface area (Å²) in [7, 11) is 0. The fourth-order valence-corrected chi connectivity index (χ4v) is 0.951. The summed E-state index contributed by atoms with van der Waals surface area (Å²) >= 11 is 0. The number of benzene rings is 1. The molecule has 1 aromatic carbocycles. The molecule has 0 heterocycles. The van der Waals surface area contributed by atoms with Crippen LogP contribution in [0.4, 0.5) is 0 Å². The third-order valence-electron chi connectivity index (χ3n) is 1.55. The zero-order valence-corrected chi connectivity index (χ0v) is 7.98. The Labute approximate surface area is 83.6 Å². The van der Waals surface area contributed by atoms with Crippen molar-refractivity contribution in [3.8, 4) is 11.5 Å². The SMILES string of the molecule is C=CCOc1ccc(OCCO)cc1. The van der Waals surface area contributed by atoms with E-state index in [0.717, 1.165) is 11.5 Å². The Kier molecular flexibility index (Phi) is 4.58. The lowest BCUT2D eigenvalue weighted by Gasteiger charge is -2.06. The second kappa shape index (κ2) is 6.05. The minimum atomic E-state index is 0.0225. The lowest BCUT2D eigenvalue weighted by Crippen LogP contribution is -2.01. The van der Waals surface area contributed by atoms with Gasteiger partial charge in [-0.1, -0.05) is 12.7 Å². The predicted molar refractivity (Wildman–Crippen MR) is 54.7 cm³/mol. The first kappa shape index (κ1) is 10.6. The van der Waals surface area contributed by atoms with Crippen molar-refractivity contribution in [2.75, 3.05) is 19.8 Å². The van der Waals surface area contributed by atoms with Crippen molar-refractivity contribution in [3.63, 3.8) is 0 Å². The lowest BCUT2D eigenvalue weighted by molar-refractivity contribution is 0.201. The largest absolute Gasteiger partial charge is 0.491 e. The van der Waals surface area contributed by atoms with Crippen LogP contribution in [-0.2, 0) is 0 Å². The second-order valence-electron chi connectivity index (χ2n) is 2.64. The molecule has 14 heavy (non-hydrogen) atoms. The Morgan fingerprint density at radius 2 is 1.71 bits per heavy atom. The zero-order chi connectivity index (χ0) is 10.2. The minimum absolute atomic E-state index is 0.0225. The maximum absolute atomic E-state index is 8.54. The summed E-state index contributed by atoms with van der Waals surface area (Å²) in [6.07, 6.45) is 1.69. The molecule has 0 aliphatic heterocycles. The molecule has 0 aliphatic rings. The maximum atomic E-state index is 8.54. The lowest BCUT2D eigenvalue weighted by atomic mass is 10.3. The first-order valence-electron chi connectivity index (χ1n) is 4.44. The monoisotopic (exact) mass is 194 g/mol. The van der Waals surface area contributed by atoms with E-state index < -0.39 is 0 Å². The van der Waals surface area contributed by atoms with Crippen molar-refractivity contribution in [2.45, 2.75) is 0 Å². The highest BCUT2D eigenvalue weighted by Crippen LogP contribution is 2.17. The van der Waals surface area contributed by atoms with Crippen molar-refractivity contribution in [1.29, 1.82) is 0 Å². The summed E-state index contributed by atoms with van der Waals surface area (Å²) in [5.41, 5.74) is 0. The molecular weight excluding hydrogens is 180 g/mol. The molecule has 0 saturated heterocycles. The molecule has 3 nitrogen and oxygen atoms in total. The van der Waals surface area contributed by atoms with Crippen LogP contribution in [0.2, 0.25) is 0 Å². The Bertz CT molecular complexity index is 266. The molecule has 0 aliphatic carbocycles. The van der Waals surface area contributed by atoms with Crippen molar-refractivity contribution in [3.05, 3.63) is 36.9 Å². The van der Waals surface area contributed by atoms with E-state index in [-0.39, 0.29) is 6.61 Å². The second-order valence-corrected chi connectivity index (χ2v) is 2.64. The number of ether oxygens (including phenoxy) is 2. The molecule has 0 bridgehead atoms. The Balaban J connectivity index is 2.46. The van der Waals surface area contributed by atoms with Gasteiger partial charge >= 0.3 is 0 Å². The van der Waals surface area contributed by atoms with Gasteiger partial charge in [-0.2, -0.15) is 0 Å². The van der Waals surface area contributed by atoms with Crippen LogP contribution in [-0.4, -0.2) is 24.9 Å². The van der Waals surface area contributed by atoms with E-state index >= 15 is 0 Å². The summed E-state index contributed by atoms with van der Waals surface area (Å²) in [5, 5.41) is 8.54. The molecule has 0 saturated carbocycles. The molecule has 3 heteroatoms. The average Bonchev–Trinajstić information content (AvgIpc) is 2.25. The van der Waals surface area contributed by atoms with Gasteiger partial charge in [-0.3, -0.25) is 0 Å². The van der Waals surface area contributed by atoms with Gasteiger partial charge in [-0.05, 0) is 24.3 Å². The number of aliphatic hydroxyl groups is 1. The van der Waals surface area contributed by atoms with E-state index in [4.69, 9.17) is 14.6 Å². The molecule has 0 spiro atoms. The van der Waals surface area contributed by atoms with Gasteiger partial charge < -0.3 is 14.6 Å². The van der Waals surface area contributed by atoms with Crippen LogP contribution in [0.15, 0.2) is 36.9 Å². The quantitative estimate of drug-likeness (QED) is 0.699. The molecule has 1 N–H and O–H groups in total. The fraction of sp³-hybridized carbons (Fsp3) is 0.273. The van der Waals surface area contributed by atoms with Gasteiger partial charge in [-0.25, -0.2) is 0 Å². The summed E-state index contributed by atoms with van der Waals surface area (Å²) in [4.78, 5) is 0. The van der Waals surface area contributed by atoms with Crippen molar-refractivity contribution in [2.24, 2.45) is 0 Å². The van der Waals surface area contributed by atoms with E-state index in [9.17, 15) is 0 Å². The standard InChI is InChI=1S/C11H14O3/c1-2-8-13-10-3-5-11(6-4-10)14-9-7-12/h2-6,12H,1,7-9H2. The van der Waals surface area contributed by atoms with Crippen molar-refractivity contribution >= 4 is 0 Å². The molecule has 1 aromatic rings. The molecule has 0 aromatic heterocycles. The van der Waals surface area contributed by atoms with Crippen molar-refractivity contribution < 1.29 is 14.6 Å². The highest BCUT2D eigenvalue weighted by molar-refractivity contribution is 5.31. The fourth-order valence-electron chi connectivity index (χ4n) is 0.951. The molecule has 0 fully saturated rings. The summed E-state index contributed by atoms with van der Waals surface area (Å²) in [5.74, 6) is 1.51. The Morgan fingerprint density at radius 1 is 1.14 bits per heavy atom. The van der Waals surface area contributed by atoms with E-state index in [0.29, 0.717) is 13.2 Å². The molecule has 0 atom stereocenters. The highest BCUT2D eigenvalue weighted by Gasteiger charge is 1.94. The number of hydrogen-bond acceptors (Lipinski definition) is 3. The van der Waals surface area contributed by atoms with Crippen LogP contribution in [0, 0.1) is 0 Å². The molecule has 1 rings (SSSR count). The third-order valence-corrected chi connectivity index (χ3v) is 1.55. The van der Waals surface area contributed by atoms with Gasteiger partial charge in [0.15, 0.2) is 0 Å². The Morgan fingerprint density at radius 3 is 2.21 bits per heavy atom. The average molecular weight is 194 g/mol. The van der Waals surface area contributed by atoms with Crippen LogP contribution in [0.3, 0.4) is 0 Å². The van der Waals surface area contributed by atoms with Crippen molar-refractivity contribution in [1.82, 2.24) is 0 Å². The summed E-state index contributed by atoms with van der Waals surface area (Å²) in [6, 6.07) is 7.23. The van der Waals surface area contributed by atoms with Gasteiger partial charge in [0.05, 0.1) is 6.61 Å². The third kappa shape index (κ3) is 3.49. The van der Waals surface area contributed by atoms with E-state index in [1.165, 1.54) is 0 Å². The highest BCUT2D eigenvalue weighted by atomic mass is 16.5. The van der Waals surface area contributed by atoms with Gasteiger partial charge in [0.25, 0.3) is 0 Å². The van der Waals surface area contributed by atoms with E-state index in [1.807, 2.05) is 12.1 Å². The summed E-state index contributed by atoms with van der Waals surface area (Å²) in [6.45, 7) is 4.39. The molecule has 0 unspecified atom stereocenters. The van der Waals surface area contributed by atoms with Gasteiger partial charge in [0, 0.05) is 0 Å². The maximum Gasteiger partial charge on any atom is 0.120 e. The first-order chi connectivity index (χ1) is 6.86. The van der Waals surface area contributed by atoms with Crippen LogP contribution in [0.5, 0.6) is 11.5 Å². The zero-order valence-electron chi connectivity index (χ0n) is 7.98. The van der Waals surface area contributed by atoms with Gasteiger partial charge in [-0.15, -0.1) is 0 Å². The van der Waals surface area contributed by atoms with E-state index in [1.54, 1.807) is 18.2 Å². The van der Waals surface area contributed by atoms with E-state index in [2.05, 4.69) is 6.58 Å². The number of aliphatic hydroxyl groups excluding tert-OH is 1. The predicted octanol–water partition coefficient (Wildman–Crippen LogP) is 1.62. The van der Waals surface area contributed by atoms with Gasteiger partial charge in [0.1, 0.15) is 24.7 Å². The van der Waals surface area contributed by atoms with Crippen LogP contribution >= 0.6 is 0 Å². The number of rotatable bonds is 6. The first-order valence-corrected chi connectivity index (χ1v) is 4.44. The van der Waals surface area contributed by atoms with Crippen LogP contribution in [0.25, 0.3) is 0 Å². The smallest absolute Gasteiger partial charge is 0.120 e. The molecule has 76 valence electrons. The Hall–Kier alpha value is -1.48. The minimum Gasteiger partial charge on any atom is -0.491 e. The topological polar surface area (TPSA) is 38.7 Å². The van der Waals surface area contributed by atoms with Crippen LogP contribution < -0.4 is 9.47 Å².